The Kier molecular flexibility index (Phi) is 3.89. The molecule has 134 valence electrons. The Bertz CT molecular complexity index is 818. The third-order valence-corrected chi connectivity index (χ3v) is 6.44. The highest BCUT2D eigenvalue weighted by Crippen LogP contribution is 2.50. The van der Waals surface area contributed by atoms with Gasteiger partial charge in [-0.15, -0.1) is 0 Å². The molecule has 25 heavy (non-hydrogen) atoms. The Labute approximate surface area is 148 Å². The molecular weight excluding hydrogens is 316 g/mol. The second kappa shape index (κ2) is 5.85. The van der Waals surface area contributed by atoms with Crippen molar-refractivity contribution in [2.45, 2.75) is 45.3 Å². The van der Waals surface area contributed by atoms with Gasteiger partial charge in [0.1, 0.15) is 5.69 Å². The van der Waals surface area contributed by atoms with E-state index in [2.05, 4.69) is 24.0 Å². The van der Waals surface area contributed by atoms with Crippen molar-refractivity contribution >= 4 is 16.8 Å². The lowest BCUT2D eigenvalue weighted by atomic mass is 9.58. The van der Waals surface area contributed by atoms with Crippen molar-refractivity contribution in [3.63, 3.8) is 0 Å². The van der Waals surface area contributed by atoms with E-state index in [0.29, 0.717) is 25.2 Å². The van der Waals surface area contributed by atoms with E-state index < -0.39 is 0 Å². The number of methoxy groups -OCH3 is 1. The van der Waals surface area contributed by atoms with Gasteiger partial charge in [-0.1, -0.05) is 11.6 Å². The number of nitrogens with zero attached hydrogens (tertiary/aromatic N) is 1. The molecule has 1 saturated carbocycles. The van der Waals surface area contributed by atoms with Crippen LogP contribution in [0.1, 0.15) is 40.9 Å². The first-order valence-electron chi connectivity index (χ1n) is 9.05. The molecular formula is C20H26N2O3. The van der Waals surface area contributed by atoms with Crippen LogP contribution in [-0.4, -0.2) is 53.3 Å². The van der Waals surface area contributed by atoms with Crippen molar-refractivity contribution in [1.29, 1.82) is 0 Å². The average molecular weight is 342 g/mol. The lowest BCUT2D eigenvalue weighted by Crippen LogP contribution is -2.62. The molecule has 2 atom stereocenters. The van der Waals surface area contributed by atoms with E-state index >= 15 is 0 Å². The topological polar surface area (TPSA) is 65.6 Å². The van der Waals surface area contributed by atoms with Crippen LogP contribution in [-0.2, 0) is 4.74 Å². The third-order valence-electron chi connectivity index (χ3n) is 6.44. The van der Waals surface area contributed by atoms with E-state index in [-0.39, 0.29) is 23.5 Å². The van der Waals surface area contributed by atoms with Crippen LogP contribution in [0.15, 0.2) is 18.2 Å². The summed E-state index contributed by atoms with van der Waals surface area (Å²) in [5.74, 6) is 0.0592. The third kappa shape index (κ3) is 2.41. The number of carbonyl (C=O) groups is 1. The molecule has 4 rings (SSSR count). The van der Waals surface area contributed by atoms with Crippen molar-refractivity contribution in [3.05, 3.63) is 35.0 Å². The summed E-state index contributed by atoms with van der Waals surface area (Å²) in [6.07, 6.45) is 2.14. The number of nitrogens with one attached hydrogen (secondary N) is 1. The quantitative estimate of drug-likeness (QED) is 0.882. The number of likely N-dealkylation sites (tertiary alicyclic amines) is 1. The number of fused-ring (bicyclic) bond motifs is 1. The van der Waals surface area contributed by atoms with E-state index in [0.717, 1.165) is 29.3 Å². The summed E-state index contributed by atoms with van der Waals surface area (Å²) < 4.78 is 5.53. The summed E-state index contributed by atoms with van der Waals surface area (Å²) in [5, 5.41) is 11.4. The number of benzene rings is 1. The summed E-state index contributed by atoms with van der Waals surface area (Å²) in [6, 6.07) is 6.21. The lowest BCUT2D eigenvalue weighted by Gasteiger charge is -2.56. The summed E-state index contributed by atoms with van der Waals surface area (Å²) in [7, 11) is 1.71. The second-order valence-electron chi connectivity index (χ2n) is 7.68. The van der Waals surface area contributed by atoms with Crippen LogP contribution in [0, 0.1) is 19.3 Å². The van der Waals surface area contributed by atoms with Crippen molar-refractivity contribution in [2.24, 2.45) is 5.41 Å². The summed E-state index contributed by atoms with van der Waals surface area (Å²) in [5.41, 5.74) is 3.75. The zero-order valence-corrected chi connectivity index (χ0v) is 15.1. The zero-order chi connectivity index (χ0) is 17.8. The lowest BCUT2D eigenvalue weighted by molar-refractivity contribution is -0.199. The van der Waals surface area contributed by atoms with Gasteiger partial charge in [0.15, 0.2) is 0 Å². The predicted molar refractivity (Wildman–Crippen MR) is 96.8 cm³/mol. The number of aromatic amines is 1. The molecule has 1 spiro atoms. The van der Waals surface area contributed by atoms with Gasteiger partial charge in [0.2, 0.25) is 0 Å². The number of aromatic nitrogens is 1. The van der Waals surface area contributed by atoms with Gasteiger partial charge in [0.05, 0.1) is 12.2 Å². The molecule has 1 aliphatic carbocycles. The molecule has 1 saturated heterocycles. The van der Waals surface area contributed by atoms with Crippen LogP contribution in [0.25, 0.3) is 10.9 Å². The Hall–Kier alpha value is -1.85. The van der Waals surface area contributed by atoms with Crippen molar-refractivity contribution in [1.82, 2.24) is 9.88 Å². The number of aliphatic hydroxyl groups excluding tert-OH is 1. The van der Waals surface area contributed by atoms with Crippen LogP contribution in [0.2, 0.25) is 0 Å². The maximum absolute atomic E-state index is 13.0. The van der Waals surface area contributed by atoms with Gasteiger partial charge >= 0.3 is 0 Å². The van der Waals surface area contributed by atoms with E-state index in [1.54, 1.807) is 7.11 Å². The second-order valence-corrected chi connectivity index (χ2v) is 7.68. The van der Waals surface area contributed by atoms with Crippen molar-refractivity contribution in [2.75, 3.05) is 20.2 Å². The fourth-order valence-corrected chi connectivity index (χ4v) is 4.65. The van der Waals surface area contributed by atoms with Crippen LogP contribution in [0.3, 0.4) is 0 Å². The van der Waals surface area contributed by atoms with Crippen LogP contribution < -0.4 is 0 Å². The number of H-pyrrole nitrogens is 1. The number of piperidine rings is 1. The Balaban J connectivity index is 1.54. The summed E-state index contributed by atoms with van der Waals surface area (Å²) in [6.45, 7) is 5.41. The van der Waals surface area contributed by atoms with Gasteiger partial charge in [-0.05, 0) is 44.4 Å². The van der Waals surface area contributed by atoms with E-state index in [1.807, 2.05) is 17.9 Å². The number of aryl methyl sites for hydroxylation is 2. The minimum atomic E-state index is -0.299. The molecule has 0 radical (unpaired) electrons. The molecule has 1 aromatic heterocycles. The van der Waals surface area contributed by atoms with Gasteiger partial charge in [0.25, 0.3) is 5.91 Å². The largest absolute Gasteiger partial charge is 0.392 e. The highest BCUT2D eigenvalue weighted by Gasteiger charge is 2.56. The van der Waals surface area contributed by atoms with Gasteiger partial charge in [-0.3, -0.25) is 4.79 Å². The number of aliphatic hydroxyl groups is 1. The van der Waals surface area contributed by atoms with Gasteiger partial charge in [-0.25, -0.2) is 0 Å². The molecule has 1 amide bonds. The first-order valence-corrected chi connectivity index (χ1v) is 9.05. The van der Waals surface area contributed by atoms with Gasteiger partial charge in [-0.2, -0.15) is 0 Å². The highest BCUT2D eigenvalue weighted by atomic mass is 16.5. The molecule has 2 fully saturated rings. The molecule has 2 unspecified atom stereocenters. The minimum Gasteiger partial charge on any atom is -0.392 e. The van der Waals surface area contributed by atoms with Crippen molar-refractivity contribution < 1.29 is 14.6 Å². The fraction of sp³-hybridized carbons (Fsp3) is 0.550. The average Bonchev–Trinajstić information content (AvgIpc) is 2.95. The molecule has 0 bridgehead atoms. The molecule has 1 aliphatic heterocycles. The number of ether oxygens (including phenoxy) is 1. The standard InChI is InChI=1S/C20H26N2O3/c1-12-4-5-15-14(10-12)13(2)18(21-15)19(24)22-8-6-20(7-9-22)16(23)11-17(20)25-3/h4-5,10,16-17,21,23H,6-9,11H2,1-3H3. The monoisotopic (exact) mass is 342 g/mol. The SMILES string of the molecule is COC1CC(O)C12CCN(C(=O)c1[nH]c3ccc(C)cc3c1C)CC2. The van der Waals surface area contributed by atoms with Crippen LogP contribution in [0.4, 0.5) is 0 Å². The number of amides is 1. The molecule has 1 aromatic carbocycles. The molecule has 5 nitrogen and oxygen atoms in total. The molecule has 2 N–H and O–H groups in total. The molecule has 2 aliphatic rings. The van der Waals surface area contributed by atoms with E-state index in [4.69, 9.17) is 4.74 Å². The van der Waals surface area contributed by atoms with Crippen LogP contribution in [0.5, 0.6) is 0 Å². The smallest absolute Gasteiger partial charge is 0.270 e. The zero-order valence-electron chi connectivity index (χ0n) is 15.1. The highest BCUT2D eigenvalue weighted by molar-refractivity contribution is 6.01. The molecule has 2 heterocycles. The normalized spacial score (nSPS) is 25.4. The Morgan fingerprint density at radius 3 is 2.68 bits per heavy atom. The summed E-state index contributed by atoms with van der Waals surface area (Å²) >= 11 is 0. The predicted octanol–water partition coefficient (Wildman–Crippen LogP) is 2.79. The van der Waals surface area contributed by atoms with E-state index in [1.165, 1.54) is 5.56 Å². The number of carbonyl (C=O) groups excluding carboxylic acids is 1. The van der Waals surface area contributed by atoms with Crippen molar-refractivity contribution in [3.8, 4) is 0 Å². The number of rotatable bonds is 2. The minimum absolute atomic E-state index is 0.0592. The van der Waals surface area contributed by atoms with Crippen LogP contribution >= 0.6 is 0 Å². The van der Waals surface area contributed by atoms with Gasteiger partial charge in [0, 0.05) is 42.9 Å². The van der Waals surface area contributed by atoms with E-state index in [9.17, 15) is 9.90 Å². The molecule has 5 heteroatoms. The fourth-order valence-electron chi connectivity index (χ4n) is 4.65. The number of hydrogen-bond acceptors (Lipinski definition) is 3. The Morgan fingerprint density at radius 2 is 2.04 bits per heavy atom. The van der Waals surface area contributed by atoms with Gasteiger partial charge < -0.3 is 19.7 Å². The maximum Gasteiger partial charge on any atom is 0.270 e. The Morgan fingerprint density at radius 1 is 1.32 bits per heavy atom. The maximum atomic E-state index is 13.0. The number of hydrogen-bond donors (Lipinski definition) is 2. The molecule has 2 aromatic rings. The first kappa shape index (κ1) is 16.6. The summed E-state index contributed by atoms with van der Waals surface area (Å²) in [4.78, 5) is 18.2. The first-order chi connectivity index (χ1) is 12.0.